The molecule has 5 heteroatoms. The third-order valence-corrected chi connectivity index (χ3v) is 4.40. The normalized spacial score (nSPS) is 10.7. The minimum Gasteiger partial charge on any atom is -0.478 e. The molecule has 0 spiro atoms. The highest BCUT2D eigenvalue weighted by atomic mass is 16.4. The zero-order valence-corrected chi connectivity index (χ0v) is 14.3. The number of anilines is 1. The zero-order valence-electron chi connectivity index (χ0n) is 14.3. The minimum atomic E-state index is -1.03. The Morgan fingerprint density at radius 3 is 2.48 bits per heavy atom. The van der Waals surface area contributed by atoms with E-state index >= 15 is 0 Å². The lowest BCUT2D eigenvalue weighted by molar-refractivity contribution is 0.0696. The Bertz CT molecular complexity index is 1160. The topological polar surface area (TPSA) is 82.2 Å². The van der Waals surface area contributed by atoms with E-state index in [1.54, 1.807) is 18.2 Å². The lowest BCUT2D eigenvalue weighted by atomic mass is 9.99. The molecule has 0 saturated heterocycles. The van der Waals surface area contributed by atoms with E-state index in [-0.39, 0.29) is 11.5 Å². The Labute approximate surface area is 155 Å². The number of carbonyl (C=O) groups excluding carboxylic acids is 1. The van der Waals surface area contributed by atoms with Crippen LogP contribution in [-0.2, 0) is 0 Å². The summed E-state index contributed by atoms with van der Waals surface area (Å²) in [6.07, 6.45) is 1.89. The van der Waals surface area contributed by atoms with Gasteiger partial charge in [0.25, 0.3) is 5.91 Å². The third-order valence-electron chi connectivity index (χ3n) is 4.40. The first-order chi connectivity index (χ1) is 13.1. The maximum Gasteiger partial charge on any atom is 0.335 e. The van der Waals surface area contributed by atoms with Crippen molar-refractivity contribution in [1.29, 1.82) is 0 Å². The number of rotatable bonds is 4. The first-order valence-electron chi connectivity index (χ1n) is 8.43. The summed E-state index contributed by atoms with van der Waals surface area (Å²) >= 11 is 0. The fourth-order valence-corrected chi connectivity index (χ4v) is 3.10. The van der Waals surface area contributed by atoms with E-state index in [9.17, 15) is 9.59 Å². The van der Waals surface area contributed by atoms with Gasteiger partial charge in [-0.3, -0.25) is 4.79 Å². The van der Waals surface area contributed by atoms with Gasteiger partial charge in [0.1, 0.15) is 0 Å². The number of carboxylic acids is 1. The van der Waals surface area contributed by atoms with E-state index in [2.05, 4.69) is 10.3 Å². The number of hydrogen-bond acceptors (Lipinski definition) is 2. The van der Waals surface area contributed by atoms with E-state index in [0.717, 1.165) is 22.0 Å². The number of aromatic carboxylic acids is 1. The lowest BCUT2D eigenvalue weighted by Crippen LogP contribution is -2.12. The molecule has 0 unspecified atom stereocenters. The molecule has 27 heavy (non-hydrogen) atoms. The molecule has 1 aromatic heterocycles. The average molecular weight is 356 g/mol. The lowest BCUT2D eigenvalue weighted by Gasteiger charge is -2.09. The highest BCUT2D eigenvalue weighted by molar-refractivity contribution is 6.06. The van der Waals surface area contributed by atoms with Crippen molar-refractivity contribution in [3.63, 3.8) is 0 Å². The second-order valence-corrected chi connectivity index (χ2v) is 6.17. The van der Waals surface area contributed by atoms with Crippen molar-refractivity contribution < 1.29 is 14.7 Å². The molecule has 0 aliphatic carbocycles. The Hall–Kier alpha value is -3.86. The van der Waals surface area contributed by atoms with E-state index in [4.69, 9.17) is 5.11 Å². The van der Waals surface area contributed by atoms with Crippen LogP contribution in [0, 0.1) is 0 Å². The van der Waals surface area contributed by atoms with E-state index in [1.165, 1.54) is 12.1 Å². The standard InChI is InChI=1S/C22H16N2O3/c25-21(24-17-7-2-6-16(13-17)22(26)27)15-5-1-4-14(12-15)18-8-3-9-20-19(18)10-11-23-20/h1-13,23H,(H,24,25)(H,26,27). The van der Waals surface area contributed by atoms with Gasteiger partial charge < -0.3 is 15.4 Å². The summed E-state index contributed by atoms with van der Waals surface area (Å²) in [4.78, 5) is 26.9. The molecule has 0 atom stereocenters. The summed E-state index contributed by atoms with van der Waals surface area (Å²) in [5.41, 5.74) is 4.08. The van der Waals surface area contributed by atoms with Gasteiger partial charge in [-0.05, 0) is 53.6 Å². The number of nitrogens with one attached hydrogen (secondary N) is 2. The first kappa shape index (κ1) is 16.6. The van der Waals surface area contributed by atoms with Gasteiger partial charge in [-0.15, -0.1) is 0 Å². The molecule has 0 bridgehead atoms. The fourth-order valence-electron chi connectivity index (χ4n) is 3.10. The highest BCUT2D eigenvalue weighted by Gasteiger charge is 2.11. The molecule has 1 heterocycles. The number of carboxylic acid groups (broad SMARTS) is 1. The van der Waals surface area contributed by atoms with Gasteiger partial charge in [-0.2, -0.15) is 0 Å². The van der Waals surface area contributed by atoms with Crippen LogP contribution in [0.5, 0.6) is 0 Å². The van der Waals surface area contributed by atoms with Crippen LogP contribution in [0.2, 0.25) is 0 Å². The van der Waals surface area contributed by atoms with Crippen LogP contribution >= 0.6 is 0 Å². The molecule has 0 radical (unpaired) electrons. The van der Waals surface area contributed by atoms with Crippen LogP contribution in [0.15, 0.2) is 79.0 Å². The number of amides is 1. The molecule has 0 aliphatic rings. The van der Waals surface area contributed by atoms with Crippen LogP contribution in [0.25, 0.3) is 22.0 Å². The molecule has 4 aromatic rings. The molecule has 1 amide bonds. The van der Waals surface area contributed by atoms with E-state index in [0.29, 0.717) is 11.3 Å². The quantitative estimate of drug-likeness (QED) is 0.492. The Balaban J connectivity index is 1.64. The maximum absolute atomic E-state index is 12.6. The predicted octanol–water partition coefficient (Wildman–Crippen LogP) is 4.79. The predicted molar refractivity (Wildman–Crippen MR) is 105 cm³/mol. The zero-order chi connectivity index (χ0) is 18.8. The highest BCUT2D eigenvalue weighted by Crippen LogP contribution is 2.28. The largest absolute Gasteiger partial charge is 0.478 e. The molecule has 0 saturated carbocycles. The van der Waals surface area contributed by atoms with Crippen molar-refractivity contribution in [2.75, 3.05) is 5.32 Å². The third kappa shape index (κ3) is 3.30. The second-order valence-electron chi connectivity index (χ2n) is 6.17. The Kier molecular flexibility index (Phi) is 4.18. The van der Waals surface area contributed by atoms with Gasteiger partial charge in [0.15, 0.2) is 0 Å². The molecular formula is C22H16N2O3. The summed E-state index contributed by atoms with van der Waals surface area (Å²) in [6, 6.07) is 21.5. The van der Waals surface area contributed by atoms with Gasteiger partial charge in [0, 0.05) is 28.4 Å². The molecule has 4 rings (SSSR count). The SMILES string of the molecule is O=C(O)c1cccc(NC(=O)c2cccc(-c3cccc4[nH]ccc34)c2)c1. The van der Waals surface area contributed by atoms with Crippen molar-refractivity contribution >= 4 is 28.5 Å². The van der Waals surface area contributed by atoms with Crippen LogP contribution in [0.4, 0.5) is 5.69 Å². The molecule has 132 valence electrons. The van der Waals surface area contributed by atoms with Crippen LogP contribution in [0.3, 0.4) is 0 Å². The van der Waals surface area contributed by atoms with Crippen molar-refractivity contribution in [1.82, 2.24) is 4.98 Å². The molecule has 3 N–H and O–H groups in total. The van der Waals surface area contributed by atoms with Crippen molar-refractivity contribution in [2.24, 2.45) is 0 Å². The number of carbonyl (C=O) groups is 2. The maximum atomic E-state index is 12.6. The van der Waals surface area contributed by atoms with Gasteiger partial charge in [0.05, 0.1) is 5.56 Å². The summed E-state index contributed by atoms with van der Waals surface area (Å²) in [5.74, 6) is -1.33. The second kappa shape index (κ2) is 6.80. The number of H-pyrrole nitrogens is 1. The summed E-state index contributed by atoms with van der Waals surface area (Å²) in [5, 5.41) is 12.9. The number of aromatic nitrogens is 1. The molecule has 0 aliphatic heterocycles. The number of benzene rings is 3. The number of fused-ring (bicyclic) bond motifs is 1. The molecule has 5 nitrogen and oxygen atoms in total. The van der Waals surface area contributed by atoms with Crippen LogP contribution < -0.4 is 5.32 Å². The van der Waals surface area contributed by atoms with Crippen molar-refractivity contribution in [3.05, 3.63) is 90.1 Å². The minimum absolute atomic E-state index is 0.126. The van der Waals surface area contributed by atoms with E-state index < -0.39 is 5.97 Å². The molecule has 0 fully saturated rings. The summed E-state index contributed by atoms with van der Waals surface area (Å²) in [6.45, 7) is 0. The van der Waals surface area contributed by atoms with Gasteiger partial charge in [0.2, 0.25) is 0 Å². The Morgan fingerprint density at radius 1 is 0.852 bits per heavy atom. The monoisotopic (exact) mass is 356 g/mol. The molecule has 3 aromatic carbocycles. The summed E-state index contributed by atoms with van der Waals surface area (Å²) in [7, 11) is 0. The summed E-state index contributed by atoms with van der Waals surface area (Å²) < 4.78 is 0. The van der Waals surface area contributed by atoms with Crippen LogP contribution in [0.1, 0.15) is 20.7 Å². The van der Waals surface area contributed by atoms with Gasteiger partial charge in [-0.25, -0.2) is 4.79 Å². The van der Waals surface area contributed by atoms with Crippen molar-refractivity contribution in [3.8, 4) is 11.1 Å². The molecular weight excluding hydrogens is 340 g/mol. The number of hydrogen-bond donors (Lipinski definition) is 3. The smallest absolute Gasteiger partial charge is 0.335 e. The van der Waals surface area contributed by atoms with Crippen molar-refractivity contribution in [2.45, 2.75) is 0 Å². The van der Waals surface area contributed by atoms with Gasteiger partial charge >= 0.3 is 5.97 Å². The van der Waals surface area contributed by atoms with E-state index in [1.807, 2.05) is 48.7 Å². The number of aromatic amines is 1. The Morgan fingerprint density at radius 2 is 1.63 bits per heavy atom. The van der Waals surface area contributed by atoms with Crippen LogP contribution in [-0.4, -0.2) is 22.0 Å². The first-order valence-corrected chi connectivity index (χ1v) is 8.43. The van der Waals surface area contributed by atoms with Gasteiger partial charge in [-0.1, -0.05) is 30.3 Å². The average Bonchev–Trinajstić information content (AvgIpc) is 3.17. The fraction of sp³-hybridized carbons (Fsp3) is 0.